The number of hydrogen-bond donors (Lipinski definition) is 0. The van der Waals surface area contributed by atoms with Gasteiger partial charge in [-0.3, -0.25) is 9.78 Å². The minimum atomic E-state index is -0.293. The van der Waals surface area contributed by atoms with E-state index in [9.17, 15) is 9.18 Å². The van der Waals surface area contributed by atoms with Crippen LogP contribution in [0.4, 0.5) is 4.39 Å². The Labute approximate surface area is 205 Å². The fourth-order valence-corrected chi connectivity index (χ4v) is 3.61. The van der Waals surface area contributed by atoms with Crippen LogP contribution in [0.15, 0.2) is 91.4 Å². The summed E-state index contributed by atoms with van der Waals surface area (Å²) in [5.74, 6) is -0.418. The van der Waals surface area contributed by atoms with Crippen molar-refractivity contribution in [1.82, 2.24) is 24.6 Å². The van der Waals surface area contributed by atoms with Gasteiger partial charge in [-0.05, 0) is 62.1 Å². The maximum atomic E-state index is 13.3. The van der Waals surface area contributed by atoms with Crippen LogP contribution >= 0.6 is 0 Å². The highest BCUT2D eigenvalue weighted by atomic mass is 19.1. The number of nitrogens with zero attached hydrogens (tertiary/aromatic N) is 5. The van der Waals surface area contributed by atoms with Crippen molar-refractivity contribution in [3.8, 4) is 16.9 Å². The van der Waals surface area contributed by atoms with Crippen molar-refractivity contribution in [3.63, 3.8) is 0 Å². The third kappa shape index (κ3) is 6.49. The van der Waals surface area contributed by atoms with E-state index in [1.165, 1.54) is 12.1 Å². The maximum absolute atomic E-state index is 13.3. The van der Waals surface area contributed by atoms with Crippen molar-refractivity contribution in [3.05, 3.63) is 108 Å². The van der Waals surface area contributed by atoms with Gasteiger partial charge in [0.15, 0.2) is 0 Å². The van der Waals surface area contributed by atoms with Crippen molar-refractivity contribution in [2.45, 2.75) is 6.54 Å². The molecule has 0 N–H and O–H groups in total. The molecule has 0 atom stereocenters. The summed E-state index contributed by atoms with van der Waals surface area (Å²) >= 11 is 0. The first kappa shape index (κ1) is 24.0. The molecule has 0 spiro atoms. The average molecular weight is 470 g/mol. The lowest BCUT2D eigenvalue weighted by Gasteiger charge is -2.23. The summed E-state index contributed by atoms with van der Waals surface area (Å²) in [5, 5.41) is 4.77. The first-order chi connectivity index (χ1) is 17.0. The topological polar surface area (TPSA) is 54.3 Å². The lowest BCUT2D eigenvalue weighted by Crippen LogP contribution is -2.35. The zero-order valence-electron chi connectivity index (χ0n) is 19.9. The van der Waals surface area contributed by atoms with Crippen molar-refractivity contribution < 1.29 is 9.18 Å². The monoisotopic (exact) mass is 469 g/mol. The van der Waals surface area contributed by atoms with E-state index in [1.54, 1.807) is 46.3 Å². The van der Waals surface area contributed by atoms with Crippen molar-refractivity contribution in [1.29, 1.82) is 0 Å². The molecule has 1 amide bonds. The van der Waals surface area contributed by atoms with Crippen LogP contribution < -0.4 is 0 Å². The highest BCUT2D eigenvalue weighted by Crippen LogP contribution is 2.24. The molecule has 4 aromatic rings. The molecule has 7 heteroatoms. The van der Waals surface area contributed by atoms with Crippen LogP contribution in [0.25, 0.3) is 23.0 Å². The smallest absolute Gasteiger partial charge is 0.246 e. The molecule has 0 unspecified atom stereocenters. The third-order valence-corrected chi connectivity index (χ3v) is 5.52. The second-order valence-electron chi connectivity index (χ2n) is 8.48. The molecule has 2 aromatic heterocycles. The third-order valence-electron chi connectivity index (χ3n) is 5.52. The Morgan fingerprint density at radius 3 is 2.46 bits per heavy atom. The van der Waals surface area contributed by atoms with E-state index >= 15 is 0 Å². The van der Waals surface area contributed by atoms with Crippen molar-refractivity contribution in [2.75, 3.05) is 27.2 Å². The van der Waals surface area contributed by atoms with E-state index in [1.807, 2.05) is 67.7 Å². The van der Waals surface area contributed by atoms with Gasteiger partial charge in [0.05, 0.1) is 5.69 Å². The molecule has 0 aliphatic rings. The summed E-state index contributed by atoms with van der Waals surface area (Å²) in [5.41, 5.74) is 4.21. The molecule has 2 aromatic carbocycles. The molecule has 0 aliphatic carbocycles. The largest absolute Gasteiger partial charge is 0.334 e. The van der Waals surface area contributed by atoms with E-state index in [0.717, 1.165) is 28.1 Å². The maximum Gasteiger partial charge on any atom is 0.246 e. The van der Waals surface area contributed by atoms with E-state index in [4.69, 9.17) is 5.10 Å². The zero-order chi connectivity index (χ0) is 24.6. The minimum absolute atomic E-state index is 0.124. The van der Waals surface area contributed by atoms with Gasteiger partial charge in [-0.25, -0.2) is 9.07 Å². The number of rotatable bonds is 9. The molecular weight excluding hydrogens is 441 g/mol. The number of pyridine rings is 1. The van der Waals surface area contributed by atoms with E-state index < -0.39 is 0 Å². The van der Waals surface area contributed by atoms with Gasteiger partial charge in [-0.1, -0.05) is 30.3 Å². The summed E-state index contributed by atoms with van der Waals surface area (Å²) in [6.45, 7) is 1.66. The van der Waals surface area contributed by atoms with E-state index in [2.05, 4.69) is 4.98 Å². The predicted octanol–water partition coefficient (Wildman–Crippen LogP) is 4.68. The van der Waals surface area contributed by atoms with Crippen LogP contribution in [0, 0.1) is 5.82 Å². The highest BCUT2D eigenvalue weighted by molar-refractivity contribution is 5.92. The molecule has 0 saturated heterocycles. The molecule has 178 valence electrons. The van der Waals surface area contributed by atoms with Gasteiger partial charge < -0.3 is 9.80 Å². The summed E-state index contributed by atoms with van der Waals surface area (Å²) in [6.07, 6.45) is 8.75. The Hall–Kier alpha value is -4.10. The number of benzene rings is 2. The van der Waals surface area contributed by atoms with Gasteiger partial charge in [-0.15, -0.1) is 0 Å². The second kappa shape index (κ2) is 11.4. The Balaban J connectivity index is 1.62. The average Bonchev–Trinajstić information content (AvgIpc) is 3.31. The van der Waals surface area contributed by atoms with E-state index in [-0.39, 0.29) is 11.7 Å². The Bertz CT molecular complexity index is 1270. The standard InChI is InChI=1S/C28H28FN5O/c1-32(2)17-18-33(20-22-10-13-25(29)14-11-22)27(35)15-12-24-21-34(26-8-4-3-5-9-26)31-28(24)23-7-6-16-30-19-23/h3-16,19,21H,17-18,20H2,1-2H3/b15-12+. The quantitative estimate of drug-likeness (QED) is 0.334. The van der Waals surface area contributed by atoms with Gasteiger partial charge in [0.2, 0.25) is 5.91 Å². The van der Waals surface area contributed by atoms with Gasteiger partial charge in [0, 0.05) is 55.4 Å². The number of hydrogen-bond acceptors (Lipinski definition) is 4. The first-order valence-electron chi connectivity index (χ1n) is 11.4. The lowest BCUT2D eigenvalue weighted by molar-refractivity contribution is -0.126. The highest BCUT2D eigenvalue weighted by Gasteiger charge is 2.14. The normalized spacial score (nSPS) is 11.3. The van der Waals surface area contributed by atoms with Crippen LogP contribution in [0.3, 0.4) is 0 Å². The zero-order valence-corrected chi connectivity index (χ0v) is 19.9. The molecule has 0 saturated carbocycles. The number of amides is 1. The summed E-state index contributed by atoms with van der Waals surface area (Å²) < 4.78 is 15.1. The van der Waals surface area contributed by atoms with Gasteiger partial charge >= 0.3 is 0 Å². The van der Waals surface area contributed by atoms with Crippen LogP contribution in [-0.2, 0) is 11.3 Å². The molecule has 4 rings (SSSR count). The molecule has 0 radical (unpaired) electrons. The van der Waals surface area contributed by atoms with Crippen molar-refractivity contribution >= 4 is 12.0 Å². The molecule has 0 aliphatic heterocycles. The number of para-hydroxylation sites is 1. The van der Waals surface area contributed by atoms with Gasteiger partial charge in [0.25, 0.3) is 0 Å². The summed E-state index contributed by atoms with van der Waals surface area (Å²) in [6, 6.07) is 19.9. The predicted molar refractivity (Wildman–Crippen MR) is 136 cm³/mol. The summed E-state index contributed by atoms with van der Waals surface area (Å²) in [4.78, 5) is 21.2. The Kier molecular flexibility index (Phi) is 7.80. The van der Waals surface area contributed by atoms with E-state index in [0.29, 0.717) is 19.6 Å². The number of likely N-dealkylation sites (N-methyl/N-ethyl adjacent to an activating group) is 1. The number of carbonyl (C=O) groups excluding carboxylic acids is 1. The molecule has 2 heterocycles. The Morgan fingerprint density at radius 2 is 1.77 bits per heavy atom. The Morgan fingerprint density at radius 1 is 1.00 bits per heavy atom. The van der Waals surface area contributed by atoms with Crippen LogP contribution in [-0.4, -0.2) is 57.7 Å². The summed E-state index contributed by atoms with van der Waals surface area (Å²) in [7, 11) is 3.93. The second-order valence-corrected chi connectivity index (χ2v) is 8.48. The minimum Gasteiger partial charge on any atom is -0.334 e. The molecule has 35 heavy (non-hydrogen) atoms. The van der Waals surface area contributed by atoms with Crippen molar-refractivity contribution in [2.24, 2.45) is 0 Å². The molecule has 0 fully saturated rings. The number of carbonyl (C=O) groups is 1. The SMILES string of the molecule is CN(C)CCN(Cc1ccc(F)cc1)C(=O)/C=C/c1cn(-c2ccccc2)nc1-c1cccnc1. The van der Waals surface area contributed by atoms with Crippen LogP contribution in [0.2, 0.25) is 0 Å². The number of halogens is 1. The molecular formula is C28H28FN5O. The lowest BCUT2D eigenvalue weighted by atomic mass is 10.1. The fraction of sp³-hybridized carbons (Fsp3) is 0.179. The van der Waals surface area contributed by atoms with Crippen LogP contribution in [0.5, 0.6) is 0 Å². The molecule has 0 bridgehead atoms. The molecule has 6 nitrogen and oxygen atoms in total. The first-order valence-corrected chi connectivity index (χ1v) is 11.4. The van der Waals surface area contributed by atoms with Gasteiger partial charge in [0.1, 0.15) is 11.5 Å². The van der Waals surface area contributed by atoms with Crippen LogP contribution in [0.1, 0.15) is 11.1 Å². The van der Waals surface area contributed by atoms with Gasteiger partial charge in [-0.2, -0.15) is 5.10 Å². The fourth-order valence-electron chi connectivity index (χ4n) is 3.61. The number of aromatic nitrogens is 3.